The maximum atomic E-state index is 5.94. The van der Waals surface area contributed by atoms with Gasteiger partial charge in [0.1, 0.15) is 5.75 Å². The number of rotatable bonds is 5. The van der Waals surface area contributed by atoms with E-state index in [9.17, 15) is 0 Å². The van der Waals surface area contributed by atoms with Gasteiger partial charge in [0.05, 0.1) is 7.11 Å². The second-order valence-electron chi connectivity index (χ2n) is 5.48. The number of ether oxygens (including phenoxy) is 1. The van der Waals surface area contributed by atoms with Gasteiger partial charge in [-0.2, -0.15) is 0 Å². The third-order valence-corrected chi connectivity index (χ3v) is 5.05. The Morgan fingerprint density at radius 3 is 2.58 bits per heavy atom. The van der Waals surface area contributed by atoms with Crippen molar-refractivity contribution >= 4 is 23.4 Å². The third-order valence-electron chi connectivity index (χ3n) is 3.73. The Morgan fingerprint density at radius 1 is 1.12 bits per heavy atom. The zero-order chi connectivity index (χ0) is 17.1. The molecular weight excluding hydrogens is 342 g/mol. The molecule has 4 nitrogen and oxygen atoms in total. The van der Waals surface area contributed by atoms with Gasteiger partial charge in [-0.05, 0) is 37.3 Å². The van der Waals surface area contributed by atoms with E-state index in [2.05, 4.69) is 23.2 Å². The Labute approximate surface area is 150 Å². The number of aryl methyl sites for hydroxylation is 1. The van der Waals surface area contributed by atoms with Gasteiger partial charge in [-0.3, -0.25) is 0 Å². The molecule has 6 heteroatoms. The van der Waals surface area contributed by atoms with Crippen molar-refractivity contribution in [2.24, 2.45) is 7.05 Å². The summed E-state index contributed by atoms with van der Waals surface area (Å²) in [5.74, 6) is 2.50. The SMILES string of the molecule is COc1ccc(C)cc1CSc1nnc(-c2ccc(Cl)cc2)n1C. The number of hydrogen-bond acceptors (Lipinski definition) is 4. The lowest BCUT2D eigenvalue weighted by molar-refractivity contribution is 0.411. The van der Waals surface area contributed by atoms with Crippen molar-refractivity contribution in [1.29, 1.82) is 0 Å². The van der Waals surface area contributed by atoms with Gasteiger partial charge >= 0.3 is 0 Å². The van der Waals surface area contributed by atoms with Crippen LogP contribution < -0.4 is 4.74 Å². The molecule has 2 aromatic carbocycles. The quantitative estimate of drug-likeness (QED) is 0.616. The van der Waals surface area contributed by atoms with Crippen LogP contribution in [0.5, 0.6) is 5.75 Å². The van der Waals surface area contributed by atoms with Gasteiger partial charge in [-0.15, -0.1) is 10.2 Å². The monoisotopic (exact) mass is 359 g/mol. The lowest BCUT2D eigenvalue weighted by Gasteiger charge is -2.09. The third kappa shape index (κ3) is 3.57. The first-order chi connectivity index (χ1) is 11.6. The smallest absolute Gasteiger partial charge is 0.191 e. The van der Waals surface area contributed by atoms with Crippen molar-refractivity contribution in [3.05, 3.63) is 58.6 Å². The van der Waals surface area contributed by atoms with E-state index in [1.54, 1.807) is 18.9 Å². The number of aromatic nitrogens is 3. The predicted octanol–water partition coefficient (Wildman–Crippen LogP) is 4.74. The Morgan fingerprint density at radius 2 is 1.88 bits per heavy atom. The fourth-order valence-electron chi connectivity index (χ4n) is 2.45. The average molecular weight is 360 g/mol. The Hall–Kier alpha value is -1.98. The number of halogens is 1. The number of thioether (sulfide) groups is 1. The molecule has 0 bridgehead atoms. The van der Waals surface area contributed by atoms with Crippen LogP contribution in [0.1, 0.15) is 11.1 Å². The summed E-state index contributed by atoms with van der Waals surface area (Å²) in [6, 6.07) is 13.8. The van der Waals surface area contributed by atoms with Gasteiger partial charge in [0.25, 0.3) is 0 Å². The molecule has 0 aliphatic carbocycles. The summed E-state index contributed by atoms with van der Waals surface area (Å²) in [6.07, 6.45) is 0. The number of methoxy groups -OCH3 is 1. The fraction of sp³-hybridized carbons (Fsp3) is 0.222. The number of hydrogen-bond donors (Lipinski definition) is 0. The molecule has 0 amide bonds. The standard InChI is InChI=1S/C18H18ClN3OS/c1-12-4-9-16(23-3)14(10-12)11-24-18-21-20-17(22(18)2)13-5-7-15(19)8-6-13/h4-10H,11H2,1-3H3. The van der Waals surface area contributed by atoms with Crippen molar-refractivity contribution < 1.29 is 4.74 Å². The van der Waals surface area contributed by atoms with Gasteiger partial charge in [0.15, 0.2) is 11.0 Å². The van der Waals surface area contributed by atoms with Gasteiger partial charge in [-0.1, -0.05) is 41.1 Å². The van der Waals surface area contributed by atoms with Crippen LogP contribution in [0.2, 0.25) is 5.02 Å². The Balaban J connectivity index is 1.80. The van der Waals surface area contributed by atoms with Crippen LogP contribution in [-0.2, 0) is 12.8 Å². The molecule has 0 unspecified atom stereocenters. The summed E-state index contributed by atoms with van der Waals surface area (Å²) in [4.78, 5) is 0. The first-order valence-electron chi connectivity index (χ1n) is 7.50. The van der Waals surface area contributed by atoms with Crippen LogP contribution in [0.4, 0.5) is 0 Å². The van der Waals surface area contributed by atoms with E-state index in [0.717, 1.165) is 33.6 Å². The second-order valence-corrected chi connectivity index (χ2v) is 6.86. The van der Waals surface area contributed by atoms with Crippen molar-refractivity contribution in [2.75, 3.05) is 7.11 Å². The van der Waals surface area contributed by atoms with E-state index < -0.39 is 0 Å². The van der Waals surface area contributed by atoms with Crippen molar-refractivity contribution in [3.63, 3.8) is 0 Å². The van der Waals surface area contributed by atoms with Crippen molar-refractivity contribution in [2.45, 2.75) is 17.8 Å². The van der Waals surface area contributed by atoms with Crippen molar-refractivity contribution in [1.82, 2.24) is 14.8 Å². The molecule has 0 aliphatic heterocycles. The summed E-state index contributed by atoms with van der Waals surface area (Å²) in [6.45, 7) is 2.08. The topological polar surface area (TPSA) is 39.9 Å². The molecule has 124 valence electrons. The van der Waals surface area contributed by atoms with E-state index in [-0.39, 0.29) is 0 Å². The van der Waals surface area contributed by atoms with Crippen LogP contribution in [0.15, 0.2) is 47.6 Å². The molecular formula is C18H18ClN3OS. The van der Waals surface area contributed by atoms with Gasteiger partial charge in [-0.25, -0.2) is 0 Å². The maximum absolute atomic E-state index is 5.94. The minimum atomic E-state index is 0.710. The first-order valence-corrected chi connectivity index (χ1v) is 8.86. The summed E-state index contributed by atoms with van der Waals surface area (Å²) in [7, 11) is 3.67. The van der Waals surface area contributed by atoms with E-state index in [4.69, 9.17) is 16.3 Å². The largest absolute Gasteiger partial charge is 0.496 e. The highest BCUT2D eigenvalue weighted by atomic mass is 35.5. The number of benzene rings is 2. The number of nitrogens with zero attached hydrogens (tertiary/aromatic N) is 3. The summed E-state index contributed by atoms with van der Waals surface area (Å²) >= 11 is 7.58. The summed E-state index contributed by atoms with van der Waals surface area (Å²) in [5.41, 5.74) is 3.36. The van der Waals surface area contributed by atoms with E-state index in [1.807, 2.05) is 48.0 Å². The molecule has 1 aromatic heterocycles. The van der Waals surface area contributed by atoms with Crippen LogP contribution in [0, 0.1) is 6.92 Å². The zero-order valence-electron chi connectivity index (χ0n) is 13.8. The second kappa shape index (κ2) is 7.28. The molecule has 0 N–H and O–H groups in total. The molecule has 0 atom stereocenters. The maximum Gasteiger partial charge on any atom is 0.191 e. The van der Waals surface area contributed by atoms with Gasteiger partial charge < -0.3 is 9.30 Å². The summed E-state index contributed by atoms with van der Waals surface area (Å²) in [5, 5.41) is 10.2. The summed E-state index contributed by atoms with van der Waals surface area (Å²) < 4.78 is 7.43. The van der Waals surface area contributed by atoms with Crippen LogP contribution in [0.25, 0.3) is 11.4 Å². The highest BCUT2D eigenvalue weighted by Gasteiger charge is 2.12. The fourth-order valence-corrected chi connectivity index (χ4v) is 3.47. The normalized spacial score (nSPS) is 10.8. The van der Waals surface area contributed by atoms with Gasteiger partial charge in [0, 0.05) is 29.0 Å². The lowest BCUT2D eigenvalue weighted by Crippen LogP contribution is -1.96. The zero-order valence-corrected chi connectivity index (χ0v) is 15.4. The molecule has 0 radical (unpaired) electrons. The Kier molecular flexibility index (Phi) is 5.11. The molecule has 0 saturated carbocycles. The van der Waals surface area contributed by atoms with Crippen LogP contribution in [-0.4, -0.2) is 21.9 Å². The molecule has 0 fully saturated rings. The first kappa shape index (κ1) is 16.9. The van der Waals surface area contributed by atoms with E-state index in [0.29, 0.717) is 5.02 Å². The molecule has 0 spiro atoms. The van der Waals surface area contributed by atoms with Gasteiger partial charge in [0.2, 0.25) is 0 Å². The van der Waals surface area contributed by atoms with Crippen LogP contribution >= 0.6 is 23.4 Å². The predicted molar refractivity (Wildman–Crippen MR) is 98.7 cm³/mol. The molecule has 0 aliphatic rings. The van der Waals surface area contributed by atoms with Crippen LogP contribution in [0.3, 0.4) is 0 Å². The minimum absolute atomic E-state index is 0.710. The highest BCUT2D eigenvalue weighted by molar-refractivity contribution is 7.98. The molecule has 24 heavy (non-hydrogen) atoms. The average Bonchev–Trinajstić information content (AvgIpc) is 2.95. The van der Waals surface area contributed by atoms with Crippen molar-refractivity contribution in [3.8, 4) is 17.1 Å². The molecule has 3 rings (SSSR count). The van der Waals surface area contributed by atoms with E-state index in [1.165, 1.54) is 5.56 Å². The minimum Gasteiger partial charge on any atom is -0.496 e. The molecule has 0 saturated heterocycles. The highest BCUT2D eigenvalue weighted by Crippen LogP contribution is 2.29. The molecule has 3 aromatic rings. The Bertz CT molecular complexity index is 846. The lowest BCUT2D eigenvalue weighted by atomic mass is 10.1. The van der Waals surface area contributed by atoms with E-state index >= 15 is 0 Å². The molecule has 1 heterocycles.